The van der Waals surface area contributed by atoms with Crippen molar-refractivity contribution in [2.24, 2.45) is 5.84 Å². The van der Waals surface area contributed by atoms with Crippen LogP contribution in [0.4, 0.5) is 0 Å². The lowest BCUT2D eigenvalue weighted by Gasteiger charge is -2.11. The molecular formula is C10H15N3O2. The number of hydrogen-bond acceptors (Lipinski definition) is 4. The number of ether oxygens (including phenoxy) is 1. The van der Waals surface area contributed by atoms with Crippen LogP contribution in [-0.2, 0) is 0 Å². The summed E-state index contributed by atoms with van der Waals surface area (Å²) in [6, 6.07) is 1.81. The number of amides is 1. The molecule has 0 spiro atoms. The maximum absolute atomic E-state index is 11.5. The largest absolute Gasteiger partial charge is 0.477 e. The highest BCUT2D eigenvalue weighted by molar-refractivity contribution is 5.97. The van der Waals surface area contributed by atoms with E-state index in [9.17, 15) is 4.79 Å². The van der Waals surface area contributed by atoms with E-state index in [0.717, 1.165) is 11.3 Å². The summed E-state index contributed by atoms with van der Waals surface area (Å²) in [5.41, 5.74) is 4.08. The molecule has 1 aromatic heterocycles. The molecular weight excluding hydrogens is 194 g/mol. The lowest BCUT2D eigenvalue weighted by atomic mass is 10.1. The smallest absolute Gasteiger partial charge is 0.270 e. The van der Waals surface area contributed by atoms with E-state index < -0.39 is 0 Å². The zero-order valence-corrected chi connectivity index (χ0v) is 9.13. The Balaban J connectivity index is 3.26. The second-order valence-corrected chi connectivity index (χ2v) is 3.17. The first-order valence-corrected chi connectivity index (χ1v) is 4.72. The molecule has 0 aliphatic carbocycles. The van der Waals surface area contributed by atoms with Gasteiger partial charge in [-0.3, -0.25) is 10.2 Å². The predicted octanol–water partition coefficient (Wildman–Crippen LogP) is 0.701. The van der Waals surface area contributed by atoms with Gasteiger partial charge >= 0.3 is 0 Å². The fraction of sp³-hybridized carbons (Fsp3) is 0.400. The van der Waals surface area contributed by atoms with Gasteiger partial charge in [0.2, 0.25) is 5.88 Å². The van der Waals surface area contributed by atoms with Crippen LogP contribution >= 0.6 is 0 Å². The van der Waals surface area contributed by atoms with Crippen LogP contribution in [0.1, 0.15) is 28.5 Å². The minimum atomic E-state index is -0.386. The number of nitrogens with one attached hydrogen (secondary N) is 1. The molecule has 15 heavy (non-hydrogen) atoms. The third-order valence-corrected chi connectivity index (χ3v) is 1.95. The number of aryl methyl sites for hydroxylation is 2. The molecule has 0 aromatic carbocycles. The van der Waals surface area contributed by atoms with Crippen LogP contribution < -0.4 is 16.0 Å². The molecule has 0 unspecified atom stereocenters. The van der Waals surface area contributed by atoms with Crippen molar-refractivity contribution in [3.63, 3.8) is 0 Å². The van der Waals surface area contributed by atoms with Crippen molar-refractivity contribution >= 4 is 5.91 Å². The summed E-state index contributed by atoms with van der Waals surface area (Å²) < 4.78 is 5.29. The molecule has 0 bridgehead atoms. The van der Waals surface area contributed by atoms with Gasteiger partial charge in [-0.1, -0.05) is 0 Å². The highest BCUT2D eigenvalue weighted by Crippen LogP contribution is 2.20. The molecule has 3 N–H and O–H groups in total. The van der Waals surface area contributed by atoms with Gasteiger partial charge in [-0.2, -0.15) is 0 Å². The lowest BCUT2D eigenvalue weighted by Crippen LogP contribution is -2.31. The van der Waals surface area contributed by atoms with Gasteiger partial charge in [0.05, 0.1) is 6.61 Å². The van der Waals surface area contributed by atoms with Gasteiger partial charge in [0.25, 0.3) is 5.91 Å². The molecule has 82 valence electrons. The van der Waals surface area contributed by atoms with E-state index in [1.807, 2.05) is 26.8 Å². The third-order valence-electron chi connectivity index (χ3n) is 1.95. The molecule has 0 atom stereocenters. The fourth-order valence-corrected chi connectivity index (χ4v) is 1.39. The molecule has 5 nitrogen and oxygen atoms in total. The van der Waals surface area contributed by atoms with E-state index in [2.05, 4.69) is 10.4 Å². The third kappa shape index (κ3) is 2.44. The number of nitrogens with zero attached hydrogens (tertiary/aromatic N) is 1. The number of hydrogen-bond donors (Lipinski definition) is 2. The van der Waals surface area contributed by atoms with E-state index in [4.69, 9.17) is 10.6 Å². The number of nitrogens with two attached hydrogens (primary N) is 1. The number of carbonyl (C=O) groups excluding carboxylic acids is 1. The van der Waals surface area contributed by atoms with Crippen molar-refractivity contribution in [2.75, 3.05) is 6.61 Å². The maximum atomic E-state index is 11.5. The molecule has 0 saturated carbocycles. The Morgan fingerprint density at radius 3 is 2.80 bits per heavy atom. The minimum Gasteiger partial charge on any atom is -0.477 e. The summed E-state index contributed by atoms with van der Waals surface area (Å²) >= 11 is 0. The van der Waals surface area contributed by atoms with Gasteiger partial charge < -0.3 is 4.74 Å². The predicted molar refractivity (Wildman–Crippen MR) is 56.5 cm³/mol. The highest BCUT2D eigenvalue weighted by atomic mass is 16.5. The monoisotopic (exact) mass is 209 g/mol. The standard InChI is InChI=1S/C10H15N3O2/c1-4-15-10-8(9(14)13-11)6(2)5-7(3)12-10/h5H,4,11H2,1-3H3,(H,13,14). The van der Waals surface area contributed by atoms with Crippen LogP contribution in [0, 0.1) is 13.8 Å². The average molecular weight is 209 g/mol. The molecule has 0 radical (unpaired) electrons. The molecule has 1 heterocycles. The van der Waals surface area contributed by atoms with Crippen molar-refractivity contribution in [1.82, 2.24) is 10.4 Å². The van der Waals surface area contributed by atoms with Crippen LogP contribution in [0.15, 0.2) is 6.07 Å². The molecule has 0 aliphatic rings. The molecule has 0 fully saturated rings. The molecule has 1 rings (SSSR count). The normalized spacial score (nSPS) is 9.87. The quantitative estimate of drug-likeness (QED) is 0.436. The Labute approximate surface area is 88.6 Å². The molecule has 0 saturated heterocycles. The Kier molecular flexibility index (Phi) is 3.62. The second-order valence-electron chi connectivity index (χ2n) is 3.17. The van der Waals surface area contributed by atoms with Crippen molar-refractivity contribution in [1.29, 1.82) is 0 Å². The minimum absolute atomic E-state index is 0.331. The highest BCUT2D eigenvalue weighted by Gasteiger charge is 2.16. The fourth-order valence-electron chi connectivity index (χ4n) is 1.39. The summed E-state index contributed by atoms with van der Waals surface area (Å²) in [5, 5.41) is 0. The zero-order valence-electron chi connectivity index (χ0n) is 9.13. The maximum Gasteiger partial charge on any atom is 0.270 e. The Bertz CT molecular complexity index is 377. The van der Waals surface area contributed by atoms with Crippen LogP contribution in [0.25, 0.3) is 0 Å². The SMILES string of the molecule is CCOc1nc(C)cc(C)c1C(=O)NN. The first-order valence-electron chi connectivity index (χ1n) is 4.72. The second kappa shape index (κ2) is 4.75. The molecule has 1 amide bonds. The van der Waals surface area contributed by atoms with E-state index in [1.165, 1.54) is 0 Å². The van der Waals surface area contributed by atoms with Crippen molar-refractivity contribution < 1.29 is 9.53 Å². The van der Waals surface area contributed by atoms with Crippen molar-refractivity contribution in [3.05, 3.63) is 22.9 Å². The molecule has 5 heteroatoms. The number of carbonyl (C=O) groups is 1. The summed E-state index contributed by atoms with van der Waals surface area (Å²) in [7, 11) is 0. The van der Waals surface area contributed by atoms with E-state index >= 15 is 0 Å². The number of pyridine rings is 1. The van der Waals surface area contributed by atoms with Crippen LogP contribution in [0.5, 0.6) is 5.88 Å². The molecule has 1 aromatic rings. The lowest BCUT2D eigenvalue weighted by molar-refractivity contribution is 0.0948. The number of rotatable bonds is 3. The van der Waals surface area contributed by atoms with E-state index in [1.54, 1.807) is 0 Å². The summed E-state index contributed by atoms with van der Waals surface area (Å²) in [5.74, 6) is 5.04. The van der Waals surface area contributed by atoms with Gasteiger partial charge in [0.15, 0.2) is 0 Å². The first kappa shape index (κ1) is 11.5. The van der Waals surface area contributed by atoms with Gasteiger partial charge in [0.1, 0.15) is 5.56 Å². The van der Waals surface area contributed by atoms with Gasteiger partial charge in [-0.15, -0.1) is 0 Å². The van der Waals surface area contributed by atoms with Gasteiger partial charge in [-0.25, -0.2) is 10.8 Å². The number of aromatic nitrogens is 1. The summed E-state index contributed by atoms with van der Waals surface area (Å²) in [6.07, 6.45) is 0. The van der Waals surface area contributed by atoms with E-state index in [0.29, 0.717) is 18.1 Å². The number of hydrazine groups is 1. The van der Waals surface area contributed by atoms with Gasteiger partial charge in [0, 0.05) is 5.69 Å². The topological polar surface area (TPSA) is 77.2 Å². The van der Waals surface area contributed by atoms with Crippen LogP contribution in [0.2, 0.25) is 0 Å². The Morgan fingerprint density at radius 2 is 2.27 bits per heavy atom. The van der Waals surface area contributed by atoms with E-state index in [-0.39, 0.29) is 5.91 Å². The van der Waals surface area contributed by atoms with Crippen molar-refractivity contribution in [2.45, 2.75) is 20.8 Å². The first-order chi connectivity index (χ1) is 7.10. The average Bonchev–Trinajstić information content (AvgIpc) is 2.16. The number of nitrogen functional groups attached to an aromatic ring is 1. The van der Waals surface area contributed by atoms with Crippen LogP contribution in [0.3, 0.4) is 0 Å². The van der Waals surface area contributed by atoms with Crippen LogP contribution in [-0.4, -0.2) is 17.5 Å². The Morgan fingerprint density at radius 1 is 1.60 bits per heavy atom. The summed E-state index contributed by atoms with van der Waals surface area (Å²) in [6.45, 7) is 5.96. The zero-order chi connectivity index (χ0) is 11.4. The Hall–Kier alpha value is -1.62. The van der Waals surface area contributed by atoms with Crippen molar-refractivity contribution in [3.8, 4) is 5.88 Å². The van der Waals surface area contributed by atoms with Gasteiger partial charge in [-0.05, 0) is 32.4 Å². The molecule has 0 aliphatic heterocycles. The summed E-state index contributed by atoms with van der Waals surface area (Å²) in [4.78, 5) is 15.6.